The van der Waals surface area contributed by atoms with Crippen LogP contribution in [0.25, 0.3) is 0 Å². The number of rotatable bonds is 49. The maximum Gasteiger partial charge on any atom is 0.220 e. The van der Waals surface area contributed by atoms with Gasteiger partial charge in [-0.1, -0.05) is 203 Å². The van der Waals surface area contributed by atoms with E-state index in [0.717, 1.165) is 77.0 Å². The van der Waals surface area contributed by atoms with Crippen molar-refractivity contribution in [3.8, 4) is 0 Å². The van der Waals surface area contributed by atoms with Gasteiger partial charge in [0.1, 0.15) is 73.2 Å². The molecule has 3 saturated heterocycles. The van der Waals surface area contributed by atoms with Crippen LogP contribution in [-0.2, 0) is 33.2 Å². The smallest absolute Gasteiger partial charge is 0.220 e. The van der Waals surface area contributed by atoms with Crippen LogP contribution in [0.3, 0.4) is 0 Å². The van der Waals surface area contributed by atoms with Crippen molar-refractivity contribution < 1.29 is 89.4 Å². The van der Waals surface area contributed by atoms with Crippen LogP contribution in [0.4, 0.5) is 0 Å². The molecule has 0 aromatic rings. The van der Waals surface area contributed by atoms with E-state index >= 15 is 0 Å². The number of unbranched alkanes of at least 4 members (excludes halogenated alkanes) is 25. The lowest BCUT2D eigenvalue weighted by molar-refractivity contribution is -0.379. The van der Waals surface area contributed by atoms with E-state index in [-0.39, 0.29) is 18.9 Å². The van der Waals surface area contributed by atoms with Crippen LogP contribution >= 0.6 is 0 Å². The van der Waals surface area contributed by atoms with Gasteiger partial charge in [-0.3, -0.25) is 4.79 Å². The van der Waals surface area contributed by atoms with E-state index in [4.69, 9.17) is 28.4 Å². The number of hydrogen-bond donors (Lipinski definition) is 12. The summed E-state index contributed by atoms with van der Waals surface area (Å²) in [6.07, 6.45) is 30.5. The Morgan fingerprint density at radius 2 is 0.788 bits per heavy atom. The molecule has 0 saturated carbocycles. The minimum Gasteiger partial charge on any atom is -0.394 e. The van der Waals surface area contributed by atoms with E-state index in [1.165, 1.54) is 109 Å². The summed E-state index contributed by atoms with van der Waals surface area (Å²) in [5, 5.41) is 120. The highest BCUT2D eigenvalue weighted by Crippen LogP contribution is 2.33. The molecule has 3 rings (SSSR count). The molecule has 19 nitrogen and oxygen atoms in total. The third-order valence-corrected chi connectivity index (χ3v) is 16.3. The van der Waals surface area contributed by atoms with Crippen molar-refractivity contribution in [2.24, 2.45) is 0 Å². The Balaban J connectivity index is 1.49. The first-order chi connectivity index (χ1) is 41.3. The summed E-state index contributed by atoms with van der Waals surface area (Å²) in [4.78, 5) is 13.4. The minimum atomic E-state index is -1.98. The van der Waals surface area contributed by atoms with Crippen LogP contribution in [0.2, 0.25) is 0 Å². The Morgan fingerprint density at radius 3 is 1.28 bits per heavy atom. The van der Waals surface area contributed by atoms with Crippen molar-refractivity contribution >= 4 is 5.91 Å². The van der Waals surface area contributed by atoms with Gasteiger partial charge in [0.15, 0.2) is 18.9 Å². The summed E-state index contributed by atoms with van der Waals surface area (Å²) in [5.41, 5.74) is 0. The van der Waals surface area contributed by atoms with Crippen LogP contribution < -0.4 is 5.32 Å². The summed E-state index contributed by atoms with van der Waals surface area (Å²) < 4.78 is 34.3. The van der Waals surface area contributed by atoms with Crippen molar-refractivity contribution in [1.29, 1.82) is 0 Å². The fourth-order valence-electron chi connectivity index (χ4n) is 10.9. The van der Waals surface area contributed by atoms with E-state index in [0.29, 0.717) is 12.8 Å². The Morgan fingerprint density at radius 1 is 0.424 bits per heavy atom. The predicted molar refractivity (Wildman–Crippen MR) is 328 cm³/mol. The number of aliphatic hydroxyl groups is 11. The van der Waals surface area contributed by atoms with Gasteiger partial charge in [-0.15, -0.1) is 0 Å². The first-order valence-corrected chi connectivity index (χ1v) is 33.0. The molecule has 17 unspecified atom stereocenters. The fraction of sp³-hybridized carbons (Fsp3) is 0.833. The Hall–Kier alpha value is -2.51. The van der Waals surface area contributed by atoms with Gasteiger partial charge in [0.05, 0.1) is 38.6 Å². The van der Waals surface area contributed by atoms with Crippen LogP contribution in [-0.4, -0.2) is 193 Å². The number of nitrogens with one attached hydrogen (secondary N) is 1. The van der Waals surface area contributed by atoms with Gasteiger partial charge in [-0.2, -0.15) is 0 Å². The van der Waals surface area contributed by atoms with Gasteiger partial charge >= 0.3 is 0 Å². The molecular formula is C66H117NO18. The highest BCUT2D eigenvalue weighted by Gasteiger charge is 2.53. The number of amides is 1. The summed E-state index contributed by atoms with van der Waals surface area (Å²) in [6.45, 7) is 1.67. The molecule has 85 heavy (non-hydrogen) atoms. The molecule has 0 radical (unpaired) electrons. The molecule has 3 fully saturated rings. The van der Waals surface area contributed by atoms with Crippen LogP contribution in [0, 0.1) is 0 Å². The molecule has 0 spiro atoms. The number of allylic oxidation sites excluding steroid dienone is 9. The van der Waals surface area contributed by atoms with Crippen molar-refractivity contribution in [2.45, 2.75) is 324 Å². The van der Waals surface area contributed by atoms with E-state index in [9.17, 15) is 61.0 Å². The van der Waals surface area contributed by atoms with Crippen molar-refractivity contribution in [1.82, 2.24) is 5.32 Å². The molecule has 0 aliphatic carbocycles. The number of hydrogen-bond acceptors (Lipinski definition) is 18. The molecule has 17 atom stereocenters. The molecule has 0 aromatic carbocycles. The van der Waals surface area contributed by atoms with Crippen LogP contribution in [0.1, 0.15) is 219 Å². The lowest BCUT2D eigenvalue weighted by Gasteiger charge is -2.48. The quantitative estimate of drug-likeness (QED) is 0.0206. The summed E-state index contributed by atoms with van der Waals surface area (Å²) in [5.74, 6) is -0.299. The zero-order valence-corrected chi connectivity index (χ0v) is 51.8. The third kappa shape index (κ3) is 31.2. The first kappa shape index (κ1) is 76.7. The van der Waals surface area contributed by atoms with Crippen LogP contribution in [0.5, 0.6) is 0 Å². The summed E-state index contributed by atoms with van der Waals surface area (Å²) in [7, 11) is 0. The third-order valence-electron chi connectivity index (χ3n) is 16.3. The maximum atomic E-state index is 13.4. The predicted octanol–water partition coefficient (Wildman–Crippen LogP) is 7.60. The molecular weight excluding hydrogens is 1090 g/mol. The van der Waals surface area contributed by atoms with Gasteiger partial charge in [-0.05, 0) is 70.6 Å². The molecule has 3 aliphatic rings. The van der Waals surface area contributed by atoms with Crippen LogP contribution in [0.15, 0.2) is 60.8 Å². The van der Waals surface area contributed by atoms with Crippen molar-refractivity contribution in [3.63, 3.8) is 0 Å². The molecule has 12 N–H and O–H groups in total. The van der Waals surface area contributed by atoms with Gasteiger partial charge < -0.3 is 89.9 Å². The molecule has 3 heterocycles. The zero-order valence-electron chi connectivity index (χ0n) is 51.8. The van der Waals surface area contributed by atoms with Crippen molar-refractivity contribution in [3.05, 3.63) is 60.8 Å². The molecule has 494 valence electrons. The maximum absolute atomic E-state index is 13.4. The summed E-state index contributed by atoms with van der Waals surface area (Å²) in [6, 6.07) is -1.000. The van der Waals surface area contributed by atoms with Gasteiger partial charge in [0.2, 0.25) is 5.91 Å². The average molecular weight is 1210 g/mol. The lowest BCUT2D eigenvalue weighted by atomic mass is 9.96. The van der Waals surface area contributed by atoms with Gasteiger partial charge in [-0.25, -0.2) is 0 Å². The standard InChI is InChI=1S/C66H117NO18/c1-3-5-7-9-11-13-15-17-19-21-23-24-26-27-29-31-33-35-37-39-41-43-50(71)49(67-54(72)44-42-40-38-36-34-32-30-28-25-22-20-18-16-14-12-10-8-6-4-2)48-80-64-60(78)57(75)62(52(46-69)82-64)85-66-61(79)58(76)63(53(47-70)83-66)84-65-59(77)56(74)55(73)51(45-68)81-65/h12,14,18,20,25,28,33,35,41,43,49-53,55-66,68-71,73-79H,3-11,13,15-17,19,21-24,26-27,29-32,34,36-40,42,44-48H2,1-2H3,(H,67,72)/b14-12-,20-18-,28-25-,35-33+,43-41+. The fourth-order valence-corrected chi connectivity index (χ4v) is 10.9. The molecule has 0 aromatic heterocycles. The lowest BCUT2D eigenvalue weighted by Crippen LogP contribution is -2.66. The molecule has 3 aliphatic heterocycles. The largest absolute Gasteiger partial charge is 0.394 e. The van der Waals surface area contributed by atoms with Gasteiger partial charge in [0, 0.05) is 6.42 Å². The molecule has 0 bridgehead atoms. The summed E-state index contributed by atoms with van der Waals surface area (Å²) >= 11 is 0. The second-order valence-corrected chi connectivity index (χ2v) is 23.6. The number of carbonyl (C=O) groups excluding carboxylic acids is 1. The van der Waals surface area contributed by atoms with Gasteiger partial charge in [0.25, 0.3) is 0 Å². The molecule has 19 heteroatoms. The number of carbonyl (C=O) groups is 1. The second-order valence-electron chi connectivity index (χ2n) is 23.6. The second kappa shape index (κ2) is 48.4. The van der Waals surface area contributed by atoms with Crippen molar-refractivity contribution in [2.75, 3.05) is 26.4 Å². The topological polar surface area (TPSA) is 307 Å². The monoisotopic (exact) mass is 1210 g/mol. The number of ether oxygens (including phenoxy) is 6. The Kier molecular flexibility index (Phi) is 43.7. The van der Waals surface area contributed by atoms with E-state index < -0.39 is 124 Å². The first-order valence-electron chi connectivity index (χ1n) is 33.0. The Bertz CT molecular complexity index is 1780. The highest BCUT2D eigenvalue weighted by molar-refractivity contribution is 5.76. The molecule has 1 amide bonds. The van der Waals surface area contributed by atoms with E-state index in [1.807, 2.05) is 6.08 Å². The van der Waals surface area contributed by atoms with E-state index in [1.54, 1.807) is 6.08 Å². The average Bonchev–Trinajstić information content (AvgIpc) is 3.10. The zero-order chi connectivity index (χ0) is 61.9. The van der Waals surface area contributed by atoms with E-state index in [2.05, 4.69) is 67.8 Å². The highest BCUT2D eigenvalue weighted by atomic mass is 16.8. The SMILES string of the molecule is CCCCC/C=C\C/C=C\C/C=C\CCCCCCCCC(=O)NC(COC1OC(CO)C(OC2OC(CO)C(OC3OC(CO)C(O)C(O)C3O)C(O)C2O)C(O)C1O)C(O)/C=C/CC/C=C/CCCCCCCCCCCCCCCCC. The Labute approximate surface area is 509 Å². The normalized spacial score (nSPS) is 29.4. The number of aliphatic hydroxyl groups excluding tert-OH is 11. The minimum absolute atomic E-state index is 0.219.